The Morgan fingerprint density at radius 3 is 1.76 bits per heavy atom. The van der Waals surface area contributed by atoms with E-state index in [0.29, 0.717) is 32.1 Å². The first-order chi connectivity index (χ1) is 40.1. The van der Waals surface area contributed by atoms with Gasteiger partial charge in [0.25, 0.3) is 0 Å². The molecule has 5 heterocycles. The molecule has 496 valence electrons. The van der Waals surface area contributed by atoms with Gasteiger partial charge in [0.15, 0.2) is 31.5 Å². The molecule has 0 spiro atoms. The number of carbonyl (C=O) groups excluding carboxylic acids is 1. The van der Waals surface area contributed by atoms with Gasteiger partial charge in [-0.2, -0.15) is 8.42 Å². The first-order valence-electron chi connectivity index (χ1n) is 30.3. The zero-order chi connectivity index (χ0) is 63.2. The Morgan fingerprint density at radius 2 is 1.19 bits per heavy atom. The number of fused-ring (bicyclic) bond motifs is 5. The third kappa shape index (κ3) is 13.3. The van der Waals surface area contributed by atoms with E-state index in [9.17, 15) is 84.1 Å². The summed E-state index contributed by atoms with van der Waals surface area (Å²) in [6.07, 6.45) is -37.5. The lowest BCUT2D eigenvalue weighted by atomic mass is 9.47. The highest BCUT2D eigenvalue weighted by molar-refractivity contribution is 7.80. The molecule has 0 aromatic rings. The van der Waals surface area contributed by atoms with E-state index >= 15 is 0 Å². The maximum atomic E-state index is 13.5. The highest BCUT2D eigenvalue weighted by atomic mass is 32.3. The summed E-state index contributed by atoms with van der Waals surface area (Å²) in [7, 11) is -4.89. The molecule has 3 saturated carbocycles. The molecular formula is C57H94O28S. The number of aliphatic hydroxyl groups excluding tert-OH is 12. The topological polar surface area (TPSA) is 436 Å². The van der Waals surface area contributed by atoms with Crippen LogP contribution in [0.4, 0.5) is 0 Å². The number of carbonyl (C=O) groups is 1. The van der Waals surface area contributed by atoms with Crippen molar-refractivity contribution in [3.8, 4) is 0 Å². The van der Waals surface area contributed by atoms with Crippen molar-refractivity contribution in [1.82, 2.24) is 0 Å². The molecule has 5 saturated heterocycles. The molecule has 34 atom stereocenters. The maximum absolute atomic E-state index is 13.5. The second-order valence-corrected chi connectivity index (χ2v) is 28.1. The molecule has 0 bridgehead atoms. The zero-order valence-corrected chi connectivity index (χ0v) is 50.8. The first kappa shape index (κ1) is 68.7. The Balaban J connectivity index is 0.983. The number of Topliss-reactive ketones (excluding diaryl/α,β-unsaturated/α-hetero) is 1. The lowest BCUT2D eigenvalue weighted by Gasteiger charge is -2.60. The lowest BCUT2D eigenvalue weighted by Crippen LogP contribution is -2.67. The van der Waals surface area contributed by atoms with Gasteiger partial charge in [0.05, 0.1) is 49.3 Å². The smallest absolute Gasteiger partial charge is 0.394 e. The van der Waals surface area contributed by atoms with Crippen LogP contribution in [0.15, 0.2) is 11.6 Å². The quantitative estimate of drug-likeness (QED) is 0.0501. The maximum Gasteiger partial charge on any atom is 0.397 e. The molecule has 9 aliphatic rings. The van der Waals surface area contributed by atoms with Gasteiger partial charge in [0.1, 0.15) is 103 Å². The Hall–Kier alpha value is -1.64. The van der Waals surface area contributed by atoms with Crippen molar-refractivity contribution in [3.05, 3.63) is 11.6 Å². The van der Waals surface area contributed by atoms with Crippen molar-refractivity contribution in [2.45, 2.75) is 279 Å². The van der Waals surface area contributed by atoms with E-state index in [-0.39, 0.29) is 54.6 Å². The van der Waals surface area contributed by atoms with Crippen LogP contribution in [0.5, 0.6) is 0 Å². The first-order valence-corrected chi connectivity index (χ1v) is 31.7. The summed E-state index contributed by atoms with van der Waals surface area (Å²) in [5.41, 5.74) is -1.30. The number of hydrogen-bond acceptors (Lipinski definition) is 27. The molecule has 29 heteroatoms. The number of allylic oxidation sites excluding steroid dienone is 2. The number of rotatable bonds is 18. The summed E-state index contributed by atoms with van der Waals surface area (Å²) in [4.78, 5) is 13.5. The zero-order valence-electron chi connectivity index (χ0n) is 50.0. The van der Waals surface area contributed by atoms with Crippen LogP contribution in [-0.2, 0) is 66.7 Å². The summed E-state index contributed by atoms with van der Waals surface area (Å²) < 4.78 is 100. The fourth-order valence-electron chi connectivity index (χ4n) is 15.7. The Kier molecular flexibility index (Phi) is 21.1. The number of ether oxygens (including phenoxy) is 10. The molecule has 14 N–H and O–H groups in total. The Labute approximate surface area is 500 Å². The van der Waals surface area contributed by atoms with Crippen LogP contribution in [0.25, 0.3) is 0 Å². The molecule has 5 aliphatic heterocycles. The van der Waals surface area contributed by atoms with E-state index < -0.39 is 206 Å². The summed E-state index contributed by atoms with van der Waals surface area (Å²) >= 11 is 0. The van der Waals surface area contributed by atoms with E-state index in [1.807, 2.05) is 20.8 Å². The lowest BCUT2D eigenvalue weighted by molar-refractivity contribution is -0.398. The molecule has 28 nitrogen and oxygen atoms in total. The normalized spacial score (nSPS) is 51.2. The van der Waals surface area contributed by atoms with Gasteiger partial charge in [-0.25, -0.2) is 4.18 Å². The monoisotopic (exact) mass is 1260 g/mol. The van der Waals surface area contributed by atoms with Crippen molar-refractivity contribution in [3.63, 3.8) is 0 Å². The van der Waals surface area contributed by atoms with Crippen LogP contribution in [-0.4, -0.2) is 264 Å². The molecule has 0 radical (unpaired) electrons. The molecule has 0 amide bonds. The van der Waals surface area contributed by atoms with Gasteiger partial charge in [-0.15, -0.1) is 0 Å². The summed E-state index contributed by atoms with van der Waals surface area (Å²) in [6, 6.07) is 0. The van der Waals surface area contributed by atoms with Gasteiger partial charge >= 0.3 is 10.4 Å². The molecule has 0 aromatic carbocycles. The molecule has 5 unspecified atom stereocenters. The summed E-state index contributed by atoms with van der Waals surface area (Å²) in [5, 5.41) is 145. The average molecular weight is 1260 g/mol. The molecule has 8 fully saturated rings. The molecule has 4 aliphatic carbocycles. The van der Waals surface area contributed by atoms with Gasteiger partial charge in [-0.1, -0.05) is 46.3 Å². The van der Waals surface area contributed by atoms with Gasteiger partial charge in [-0.3, -0.25) is 9.35 Å². The second kappa shape index (κ2) is 26.4. The van der Waals surface area contributed by atoms with Crippen molar-refractivity contribution in [2.75, 3.05) is 13.2 Å². The fraction of sp³-hybridized carbons (Fsp3) is 0.947. The Bertz CT molecular complexity index is 2460. The highest BCUT2D eigenvalue weighted by Gasteiger charge is 2.64. The molecule has 9 rings (SSSR count). The second-order valence-electron chi connectivity index (χ2n) is 27.0. The van der Waals surface area contributed by atoms with Gasteiger partial charge in [-0.05, 0) is 113 Å². The molecule has 0 aromatic heterocycles. The minimum Gasteiger partial charge on any atom is -0.394 e. The van der Waals surface area contributed by atoms with Crippen molar-refractivity contribution in [2.24, 2.45) is 46.3 Å². The minimum absolute atomic E-state index is 0.00277. The van der Waals surface area contributed by atoms with E-state index in [0.717, 1.165) is 5.57 Å². The van der Waals surface area contributed by atoms with Crippen LogP contribution in [0.2, 0.25) is 0 Å². The van der Waals surface area contributed by atoms with Gasteiger partial charge in [0, 0.05) is 12.3 Å². The van der Waals surface area contributed by atoms with E-state index in [1.165, 1.54) is 20.8 Å². The highest BCUT2D eigenvalue weighted by Crippen LogP contribution is 2.67. The number of hydrogen-bond donors (Lipinski definition) is 14. The average Bonchev–Trinajstić information content (AvgIpc) is 1.31. The largest absolute Gasteiger partial charge is 0.397 e. The van der Waals surface area contributed by atoms with Crippen LogP contribution in [0.3, 0.4) is 0 Å². The van der Waals surface area contributed by atoms with E-state index in [1.54, 1.807) is 6.92 Å². The SMILES string of the molecule is CC(C)C(C)C(=O)CC(C)(O)[C@H]1CCC2C3C[C@H](O[C@@H]4O[C@H](C)[C@@H](O)[C@H](O[C@@H]5OC[C@@H](O[C@@H]6O[C@H](CO)[C@H](O)[C@H](O)[C@H]6O[C@@H]6O[C@H](C)[C@H](O)[C@H](O)[C@H]6O)[C@H](O)[C@H]5O[C@@H]5O[C@H](C)[C@@H](O)[C@H](O)[C@H]5O)[C@H]4O)C4C[C@@H](OS(=O)(=O)O)CC[C@]4(C)C3=CC[C@@]21C. The molecule has 86 heavy (non-hydrogen) atoms. The predicted molar refractivity (Wildman–Crippen MR) is 290 cm³/mol. The van der Waals surface area contributed by atoms with E-state index in [2.05, 4.69) is 19.9 Å². The van der Waals surface area contributed by atoms with E-state index in [4.69, 9.17) is 51.6 Å². The number of ketones is 1. The third-order valence-electron chi connectivity index (χ3n) is 21.1. The van der Waals surface area contributed by atoms with Gasteiger partial charge < -0.3 is 114 Å². The van der Waals surface area contributed by atoms with Crippen molar-refractivity contribution >= 4 is 16.2 Å². The Morgan fingerprint density at radius 1 is 0.640 bits per heavy atom. The van der Waals surface area contributed by atoms with Crippen molar-refractivity contribution < 1.29 is 136 Å². The number of aliphatic hydroxyl groups is 13. The summed E-state index contributed by atoms with van der Waals surface area (Å²) in [5.74, 6) is -1.10. The van der Waals surface area contributed by atoms with Crippen molar-refractivity contribution in [1.29, 1.82) is 0 Å². The third-order valence-corrected chi connectivity index (χ3v) is 21.7. The van der Waals surface area contributed by atoms with Crippen LogP contribution < -0.4 is 0 Å². The molecular weight excluding hydrogens is 1160 g/mol. The van der Waals surface area contributed by atoms with Crippen LogP contribution in [0.1, 0.15) is 114 Å². The predicted octanol–water partition coefficient (Wildman–Crippen LogP) is -2.43. The standard InChI is InChI=1S/C57H94O28S/c1-21(2)22(3)31(59)18-57(9,71)35-11-10-28-27-17-32(30-16-26(85-86(72,73)74)12-14-55(30,7)29(27)13-15-56(28,35)8)79-52-46(70)47(38(62)25(6)78-52)82-53-48(83-50-44(68)41(65)36(60)23(4)76-50)40(64)34(20-75-53)81-54-49(43(67)39(63)33(19-58)80-54)84-51-45(69)42(66)37(61)24(5)77-51/h13,21-28,30,32-54,58,60-71H,10-12,14-20H2,1-9H3,(H,72,73,74)/t22?,23-,24-,25-,26+,27?,28?,30?,32+,33-,34-,35+,36-,37+,38-,39+,40+,41+,42+,43+,44-,45-,46-,47+,48-,49-,50+,51+,52+,53+,54+,55-,56+,57?/m1/s1. The van der Waals surface area contributed by atoms with Crippen LogP contribution >= 0.6 is 0 Å². The fourth-order valence-corrected chi connectivity index (χ4v) is 16.2. The van der Waals surface area contributed by atoms with Crippen LogP contribution in [0, 0.1) is 46.3 Å². The summed E-state index contributed by atoms with van der Waals surface area (Å²) in [6.45, 7) is 14.5. The van der Waals surface area contributed by atoms with Gasteiger partial charge in [0.2, 0.25) is 0 Å². The minimum atomic E-state index is -4.89.